The molecule has 0 amide bonds. The Morgan fingerprint density at radius 2 is 0.456 bits per heavy atom. The van der Waals surface area contributed by atoms with Gasteiger partial charge in [0.05, 0.1) is 54.7 Å². The zero-order valence-electron chi connectivity index (χ0n) is 44.4. The standard InChI is InChI=1S/C54H115N3O10P/c1-4-7-10-13-16-19-22-25-28-31-34-37-40-49(58)52(61)46(55)43-65-68(64,66-44-47(56)53(62)50(59)41-38-35-32-29-26-23-20-17-14-11-8-5-2)67-45-48(57)54(63)51(60)42-39-36-33-30-27-24-21-18-15-12-9-6-3/h46-54,58-64H,4-45,55-57H2,1-3H3/q+1. The largest absolute Gasteiger partial charge is 0.572 e. The fourth-order valence-corrected chi connectivity index (χ4v) is 10.2. The molecule has 13 N–H and O–H groups in total. The van der Waals surface area contributed by atoms with Gasteiger partial charge in [-0.05, 0) is 19.3 Å². The minimum Gasteiger partial charge on any atom is -0.390 e. The van der Waals surface area contributed by atoms with E-state index in [1.54, 1.807) is 0 Å². The highest BCUT2D eigenvalue weighted by atomic mass is 31.2. The van der Waals surface area contributed by atoms with Crippen LogP contribution in [0.15, 0.2) is 0 Å². The van der Waals surface area contributed by atoms with Crippen molar-refractivity contribution < 1.29 is 49.1 Å². The van der Waals surface area contributed by atoms with Gasteiger partial charge < -0.3 is 47.8 Å². The smallest absolute Gasteiger partial charge is 0.390 e. The van der Waals surface area contributed by atoms with Crippen LogP contribution < -0.4 is 17.2 Å². The van der Waals surface area contributed by atoms with Gasteiger partial charge in [-0.2, -0.15) is 18.5 Å². The van der Waals surface area contributed by atoms with E-state index in [9.17, 15) is 35.5 Å². The quantitative estimate of drug-likeness (QED) is 0.0201. The molecule has 0 saturated heterocycles. The van der Waals surface area contributed by atoms with Gasteiger partial charge in [-0.15, -0.1) is 0 Å². The first-order chi connectivity index (χ1) is 32.8. The molecule has 0 aliphatic carbocycles. The van der Waals surface area contributed by atoms with E-state index in [4.69, 9.17) is 30.8 Å². The lowest BCUT2D eigenvalue weighted by Crippen LogP contribution is -2.47. The lowest BCUT2D eigenvalue weighted by Gasteiger charge is -2.27. The monoisotopic (exact) mass is 997 g/mol. The summed E-state index contributed by atoms with van der Waals surface area (Å²) in [6, 6.07) is -3.35. The van der Waals surface area contributed by atoms with E-state index < -0.39 is 82.7 Å². The number of unbranched alkanes of at least 4 members (excludes halogenated alkanes) is 33. The van der Waals surface area contributed by atoms with Crippen molar-refractivity contribution in [3.05, 3.63) is 0 Å². The number of hydrogen-bond acceptors (Lipinski definition) is 13. The van der Waals surface area contributed by atoms with Crippen molar-refractivity contribution in [3.63, 3.8) is 0 Å². The summed E-state index contributed by atoms with van der Waals surface area (Å²) in [5.74, 6) is 0. The third-order valence-corrected chi connectivity index (χ3v) is 15.3. The number of hydrogen-bond donors (Lipinski definition) is 10. The third kappa shape index (κ3) is 39.4. The Hall–Kier alpha value is -0.0900. The SMILES string of the molecule is CCCCCCCCCCCCCCC(O)C(O)C(N)CO[P+](O)(OCC(N)C(O)C(O)CCCCCCCCCCCCCC)OCC(N)C(O)C(O)CCCCCCCCCCCCCC. The molecule has 9 unspecified atom stereocenters. The normalized spacial score (nSPS) is 17.1. The number of aliphatic hydroxyl groups is 6. The van der Waals surface area contributed by atoms with Crippen LogP contribution in [-0.4, -0.2) is 110 Å². The molecule has 0 fully saturated rings. The summed E-state index contributed by atoms with van der Waals surface area (Å²) >= 11 is 0. The number of aliphatic hydroxyl groups excluding tert-OH is 6. The molecule has 0 aromatic heterocycles. The van der Waals surface area contributed by atoms with Crippen molar-refractivity contribution in [2.45, 2.75) is 326 Å². The third-order valence-electron chi connectivity index (χ3n) is 13.8. The molecule has 13 nitrogen and oxygen atoms in total. The second kappa shape index (κ2) is 47.9. The first-order valence-corrected chi connectivity index (χ1v) is 30.2. The molecule has 0 aliphatic rings. The lowest BCUT2D eigenvalue weighted by atomic mass is 10.00. The van der Waals surface area contributed by atoms with E-state index in [0.717, 1.165) is 77.0 Å². The van der Waals surface area contributed by atoms with Crippen LogP contribution in [0.2, 0.25) is 0 Å². The molecule has 0 heterocycles. The Morgan fingerprint density at radius 3 is 0.632 bits per heavy atom. The van der Waals surface area contributed by atoms with E-state index >= 15 is 0 Å². The van der Waals surface area contributed by atoms with E-state index in [1.807, 2.05) is 0 Å². The Labute approximate surface area is 418 Å². The van der Waals surface area contributed by atoms with Gasteiger partial charge in [0.1, 0.15) is 19.8 Å². The molecule has 9 atom stereocenters. The van der Waals surface area contributed by atoms with Crippen LogP contribution in [0, 0.1) is 0 Å². The molecule has 14 heteroatoms. The van der Waals surface area contributed by atoms with Crippen LogP contribution in [0.25, 0.3) is 0 Å². The molecule has 0 spiro atoms. The van der Waals surface area contributed by atoms with Gasteiger partial charge in [-0.25, -0.2) is 0 Å². The maximum Gasteiger partial charge on any atom is 0.572 e. The molecule has 0 bridgehead atoms. The highest BCUT2D eigenvalue weighted by Gasteiger charge is 2.48. The van der Waals surface area contributed by atoms with Crippen molar-refractivity contribution in [3.8, 4) is 0 Å². The second-order valence-corrected chi connectivity index (χ2v) is 22.3. The van der Waals surface area contributed by atoms with Crippen molar-refractivity contribution in [2.24, 2.45) is 17.2 Å². The van der Waals surface area contributed by atoms with Crippen LogP contribution in [0.3, 0.4) is 0 Å². The Balaban J connectivity index is 5.03. The zero-order chi connectivity index (χ0) is 50.5. The summed E-state index contributed by atoms with van der Waals surface area (Å²) in [7, 11) is -4.31. The van der Waals surface area contributed by atoms with Crippen LogP contribution in [-0.2, 0) is 13.6 Å². The molecule has 410 valence electrons. The average molecular weight is 997 g/mol. The first-order valence-electron chi connectivity index (χ1n) is 28.7. The maximum absolute atomic E-state index is 11.5. The minimum absolute atomic E-state index is 0.362. The van der Waals surface area contributed by atoms with Crippen molar-refractivity contribution in [1.82, 2.24) is 0 Å². The molecule has 0 saturated carbocycles. The van der Waals surface area contributed by atoms with Crippen molar-refractivity contribution in [2.75, 3.05) is 19.8 Å². The molecule has 68 heavy (non-hydrogen) atoms. The Bertz CT molecular complexity index is 922. The summed E-state index contributed by atoms with van der Waals surface area (Å²) in [4.78, 5) is 11.5. The first kappa shape index (κ1) is 67.9. The molecule has 0 aromatic carbocycles. The molecule has 0 radical (unpaired) electrons. The number of nitrogens with two attached hydrogens (primary N) is 3. The predicted octanol–water partition coefficient (Wildman–Crippen LogP) is 11.1. The summed E-state index contributed by atoms with van der Waals surface area (Å²) in [5.41, 5.74) is 18.8. The van der Waals surface area contributed by atoms with Gasteiger partial charge in [0.15, 0.2) is 0 Å². The molecular weight excluding hydrogens is 882 g/mol. The van der Waals surface area contributed by atoms with Gasteiger partial charge in [0.2, 0.25) is 0 Å². The molecule has 0 aliphatic heterocycles. The topological polar surface area (TPSA) is 247 Å². The number of rotatable bonds is 54. The van der Waals surface area contributed by atoms with E-state index in [0.29, 0.717) is 19.3 Å². The van der Waals surface area contributed by atoms with Gasteiger partial charge in [-0.3, -0.25) is 0 Å². The van der Waals surface area contributed by atoms with Crippen molar-refractivity contribution >= 4 is 8.17 Å². The summed E-state index contributed by atoms with van der Waals surface area (Å²) in [6.07, 6.45) is 36.4. The minimum atomic E-state index is -4.31. The Kier molecular flexibility index (Phi) is 47.8. The summed E-state index contributed by atoms with van der Waals surface area (Å²) in [6.45, 7) is 5.33. The van der Waals surface area contributed by atoms with Crippen LogP contribution in [0.5, 0.6) is 0 Å². The van der Waals surface area contributed by atoms with Crippen LogP contribution in [0.4, 0.5) is 0 Å². The predicted molar refractivity (Wildman–Crippen MR) is 284 cm³/mol. The Morgan fingerprint density at radius 1 is 0.294 bits per heavy atom. The van der Waals surface area contributed by atoms with Crippen molar-refractivity contribution in [1.29, 1.82) is 0 Å². The van der Waals surface area contributed by atoms with Gasteiger partial charge >= 0.3 is 8.17 Å². The fraction of sp³-hybridized carbons (Fsp3) is 1.00. The van der Waals surface area contributed by atoms with Gasteiger partial charge in [-0.1, -0.05) is 252 Å². The highest BCUT2D eigenvalue weighted by molar-refractivity contribution is 7.55. The van der Waals surface area contributed by atoms with E-state index in [2.05, 4.69) is 20.8 Å². The van der Waals surface area contributed by atoms with Gasteiger partial charge in [0.25, 0.3) is 0 Å². The van der Waals surface area contributed by atoms with Crippen LogP contribution in [0.1, 0.15) is 271 Å². The summed E-state index contributed by atoms with van der Waals surface area (Å²) < 4.78 is 17.1. The van der Waals surface area contributed by atoms with E-state index in [-0.39, 0.29) is 0 Å². The van der Waals surface area contributed by atoms with Crippen LogP contribution >= 0.6 is 8.17 Å². The molecule has 0 aromatic rings. The summed E-state index contributed by atoms with van der Waals surface area (Å²) in [5, 5.41) is 64.9. The van der Waals surface area contributed by atoms with Gasteiger partial charge in [0, 0.05) is 0 Å². The van der Waals surface area contributed by atoms with E-state index in [1.165, 1.54) is 154 Å². The molecule has 0 rings (SSSR count). The second-order valence-electron chi connectivity index (χ2n) is 20.6. The highest BCUT2D eigenvalue weighted by Crippen LogP contribution is 2.58. The molecular formula is C54H115N3O10P+. The maximum atomic E-state index is 11.5. The zero-order valence-corrected chi connectivity index (χ0v) is 45.3. The average Bonchev–Trinajstić information content (AvgIpc) is 3.34. The lowest BCUT2D eigenvalue weighted by molar-refractivity contribution is -0.0324. The fourth-order valence-electron chi connectivity index (χ4n) is 8.90.